The van der Waals surface area contributed by atoms with Crippen molar-refractivity contribution in [3.05, 3.63) is 24.3 Å². The van der Waals surface area contributed by atoms with Gasteiger partial charge in [0.15, 0.2) is 0 Å². The maximum absolute atomic E-state index is 11.8. The molecule has 108 valence electrons. The lowest BCUT2D eigenvalue weighted by Crippen LogP contribution is -2.17. The molecule has 0 aliphatic rings. The van der Waals surface area contributed by atoms with Gasteiger partial charge >= 0.3 is 0 Å². The van der Waals surface area contributed by atoms with Crippen molar-refractivity contribution < 1.29 is 13.2 Å². The molecule has 0 saturated carbocycles. The van der Waals surface area contributed by atoms with Crippen LogP contribution >= 0.6 is 0 Å². The number of nitrogens with two attached hydrogens (primary N) is 1. The van der Waals surface area contributed by atoms with Gasteiger partial charge < -0.3 is 10.5 Å². The molecule has 1 aromatic carbocycles. The Hall–Kier alpha value is -1.27. The Balaban J connectivity index is 2.57. The Kier molecular flexibility index (Phi) is 6.11. The molecule has 0 unspecified atom stereocenters. The quantitative estimate of drug-likeness (QED) is 0.763. The predicted octanol–water partition coefficient (Wildman–Crippen LogP) is 1.81. The lowest BCUT2D eigenvalue weighted by Gasteiger charge is -2.10. The van der Waals surface area contributed by atoms with Gasteiger partial charge in [-0.1, -0.05) is 13.8 Å². The van der Waals surface area contributed by atoms with E-state index in [1.165, 1.54) is 0 Å². The second kappa shape index (κ2) is 7.35. The van der Waals surface area contributed by atoms with Crippen LogP contribution in [-0.4, -0.2) is 27.3 Å². The molecule has 0 aromatic heterocycles. The number of nitrogens with one attached hydrogen (secondary N) is 1. The summed E-state index contributed by atoms with van der Waals surface area (Å²) in [6, 6.07) is 6.80. The van der Waals surface area contributed by atoms with E-state index < -0.39 is 10.0 Å². The number of rotatable bonds is 8. The molecule has 0 aliphatic carbocycles. The average Bonchev–Trinajstić information content (AvgIpc) is 2.35. The first-order chi connectivity index (χ1) is 8.93. The highest BCUT2D eigenvalue weighted by molar-refractivity contribution is 7.92. The number of hydrogen-bond acceptors (Lipinski definition) is 4. The molecule has 0 amide bonds. The van der Waals surface area contributed by atoms with Crippen LogP contribution in [0.2, 0.25) is 0 Å². The van der Waals surface area contributed by atoms with Gasteiger partial charge in [0, 0.05) is 12.2 Å². The largest absolute Gasteiger partial charge is 0.492 e. The minimum absolute atomic E-state index is 0.135. The van der Waals surface area contributed by atoms with E-state index in [9.17, 15) is 8.42 Å². The Morgan fingerprint density at radius 2 is 1.89 bits per heavy atom. The topological polar surface area (TPSA) is 81.4 Å². The highest BCUT2D eigenvalue weighted by atomic mass is 32.2. The molecular weight excluding hydrogens is 264 g/mol. The molecule has 5 nitrogen and oxygen atoms in total. The molecule has 3 N–H and O–H groups in total. The van der Waals surface area contributed by atoms with Crippen molar-refractivity contribution in [3.8, 4) is 5.75 Å². The summed E-state index contributed by atoms with van der Waals surface area (Å²) in [5.41, 5.74) is 5.88. The summed E-state index contributed by atoms with van der Waals surface area (Å²) in [4.78, 5) is 0. The molecular formula is C13H22N2O3S. The zero-order chi connectivity index (χ0) is 14.3. The van der Waals surface area contributed by atoms with Gasteiger partial charge in [-0.25, -0.2) is 8.42 Å². The van der Waals surface area contributed by atoms with Crippen molar-refractivity contribution in [2.45, 2.75) is 20.3 Å². The second-order valence-corrected chi connectivity index (χ2v) is 6.61. The van der Waals surface area contributed by atoms with Gasteiger partial charge in [-0.3, -0.25) is 4.72 Å². The molecule has 1 aromatic rings. The van der Waals surface area contributed by atoms with Crippen LogP contribution in [0.25, 0.3) is 0 Å². The van der Waals surface area contributed by atoms with Crippen LogP contribution in [0.4, 0.5) is 5.69 Å². The fraction of sp³-hybridized carbons (Fsp3) is 0.538. The van der Waals surface area contributed by atoms with E-state index in [-0.39, 0.29) is 5.75 Å². The van der Waals surface area contributed by atoms with Crippen LogP contribution in [-0.2, 0) is 10.0 Å². The minimum Gasteiger partial charge on any atom is -0.492 e. The van der Waals surface area contributed by atoms with Gasteiger partial charge in [-0.2, -0.15) is 0 Å². The Bertz CT molecular complexity index is 469. The van der Waals surface area contributed by atoms with Crippen LogP contribution < -0.4 is 15.2 Å². The molecule has 0 bridgehead atoms. The fourth-order valence-corrected chi connectivity index (χ4v) is 2.80. The number of ether oxygens (including phenoxy) is 1. The Labute approximate surface area is 115 Å². The molecule has 0 heterocycles. The summed E-state index contributed by atoms with van der Waals surface area (Å²) < 4.78 is 31.5. The van der Waals surface area contributed by atoms with Crippen molar-refractivity contribution in [1.29, 1.82) is 0 Å². The van der Waals surface area contributed by atoms with Crippen molar-refractivity contribution in [2.75, 3.05) is 23.6 Å². The normalized spacial score (nSPS) is 11.6. The Morgan fingerprint density at radius 1 is 1.26 bits per heavy atom. The van der Waals surface area contributed by atoms with E-state index in [0.29, 0.717) is 36.9 Å². The molecule has 6 heteroatoms. The van der Waals surface area contributed by atoms with Crippen LogP contribution in [0.15, 0.2) is 24.3 Å². The van der Waals surface area contributed by atoms with Crippen LogP contribution in [0.1, 0.15) is 20.3 Å². The van der Waals surface area contributed by atoms with Crippen LogP contribution in [0.3, 0.4) is 0 Å². The molecule has 0 atom stereocenters. The zero-order valence-corrected chi connectivity index (χ0v) is 12.2. The van der Waals surface area contributed by atoms with Gasteiger partial charge in [0.1, 0.15) is 12.4 Å². The van der Waals surface area contributed by atoms with Gasteiger partial charge in [0.05, 0.1) is 5.75 Å². The zero-order valence-electron chi connectivity index (χ0n) is 11.4. The first-order valence-electron chi connectivity index (χ1n) is 6.36. The van der Waals surface area contributed by atoms with Gasteiger partial charge in [0.25, 0.3) is 0 Å². The lowest BCUT2D eigenvalue weighted by atomic mass is 10.2. The summed E-state index contributed by atoms with van der Waals surface area (Å²) >= 11 is 0. The molecule has 0 radical (unpaired) electrons. The van der Waals surface area contributed by atoms with E-state index in [1.54, 1.807) is 24.3 Å². The van der Waals surface area contributed by atoms with Crippen LogP contribution in [0, 0.1) is 5.92 Å². The van der Waals surface area contributed by atoms with E-state index in [1.807, 2.05) is 13.8 Å². The molecule has 0 fully saturated rings. The van der Waals surface area contributed by atoms with Crippen molar-refractivity contribution >= 4 is 15.7 Å². The first kappa shape index (κ1) is 15.8. The summed E-state index contributed by atoms with van der Waals surface area (Å²) in [5.74, 6) is 1.18. The number of hydrogen-bond donors (Lipinski definition) is 2. The third-order valence-electron chi connectivity index (χ3n) is 2.48. The molecule has 0 saturated heterocycles. The maximum Gasteiger partial charge on any atom is 0.232 e. The molecule has 1 rings (SSSR count). The summed E-state index contributed by atoms with van der Waals surface area (Å²) in [6.07, 6.45) is 0.646. The van der Waals surface area contributed by atoms with Crippen molar-refractivity contribution in [2.24, 2.45) is 11.7 Å². The van der Waals surface area contributed by atoms with Gasteiger partial charge in [-0.05, 0) is 36.6 Å². The predicted molar refractivity (Wildman–Crippen MR) is 77.9 cm³/mol. The second-order valence-electron chi connectivity index (χ2n) is 4.76. The first-order valence-corrected chi connectivity index (χ1v) is 8.01. The minimum atomic E-state index is -3.27. The van der Waals surface area contributed by atoms with E-state index in [4.69, 9.17) is 10.5 Å². The summed E-state index contributed by atoms with van der Waals surface area (Å²) in [6.45, 7) is 4.89. The van der Waals surface area contributed by atoms with Crippen molar-refractivity contribution in [3.63, 3.8) is 0 Å². The standard InChI is InChI=1S/C13H22N2O3S/c1-11(2)7-10-19(16,17)15-12-3-5-13(6-4-12)18-9-8-14/h3-6,11,15H,7-10,14H2,1-2H3. The SMILES string of the molecule is CC(C)CCS(=O)(=O)Nc1ccc(OCCN)cc1. The molecule has 0 spiro atoms. The third-order valence-corrected chi connectivity index (χ3v) is 3.80. The summed E-state index contributed by atoms with van der Waals surface area (Å²) in [5, 5.41) is 0. The Morgan fingerprint density at radius 3 is 2.42 bits per heavy atom. The van der Waals surface area contributed by atoms with Gasteiger partial charge in [0.2, 0.25) is 10.0 Å². The van der Waals surface area contributed by atoms with Crippen molar-refractivity contribution in [1.82, 2.24) is 0 Å². The van der Waals surface area contributed by atoms with E-state index in [2.05, 4.69) is 4.72 Å². The lowest BCUT2D eigenvalue weighted by molar-refractivity contribution is 0.328. The maximum atomic E-state index is 11.8. The smallest absolute Gasteiger partial charge is 0.232 e. The fourth-order valence-electron chi connectivity index (χ4n) is 1.42. The monoisotopic (exact) mass is 286 g/mol. The summed E-state index contributed by atoms with van der Waals surface area (Å²) in [7, 11) is -3.27. The molecule has 0 aliphatic heterocycles. The highest BCUT2D eigenvalue weighted by Crippen LogP contribution is 2.17. The molecule has 19 heavy (non-hydrogen) atoms. The van der Waals surface area contributed by atoms with E-state index >= 15 is 0 Å². The number of anilines is 1. The van der Waals surface area contributed by atoms with Crippen LogP contribution in [0.5, 0.6) is 5.75 Å². The van der Waals surface area contributed by atoms with Gasteiger partial charge in [-0.15, -0.1) is 0 Å². The highest BCUT2D eigenvalue weighted by Gasteiger charge is 2.11. The van der Waals surface area contributed by atoms with E-state index in [0.717, 1.165) is 0 Å². The number of sulfonamides is 1. The average molecular weight is 286 g/mol. The number of benzene rings is 1. The third kappa shape index (κ3) is 6.45.